The fourth-order valence-electron chi connectivity index (χ4n) is 3.91. The number of hydrogen-bond donors (Lipinski definition) is 1. The highest BCUT2D eigenvalue weighted by Crippen LogP contribution is 2.21. The molecule has 0 radical (unpaired) electrons. The Bertz CT molecular complexity index is 727. The molecule has 0 aromatic heterocycles. The first-order chi connectivity index (χ1) is 16.0. The number of hydrogen-bond acceptors (Lipinski definition) is 6. The summed E-state index contributed by atoms with van der Waals surface area (Å²) in [5, 5.41) is 2.69. The van der Waals surface area contributed by atoms with Gasteiger partial charge in [0.1, 0.15) is 24.5 Å². The molecule has 7 heteroatoms. The van der Waals surface area contributed by atoms with Crippen molar-refractivity contribution in [2.45, 2.75) is 103 Å². The van der Waals surface area contributed by atoms with Crippen LogP contribution >= 0.6 is 0 Å². The van der Waals surface area contributed by atoms with Crippen LogP contribution in [0.4, 0.5) is 0 Å². The van der Waals surface area contributed by atoms with Crippen molar-refractivity contribution in [1.82, 2.24) is 5.32 Å². The summed E-state index contributed by atoms with van der Waals surface area (Å²) >= 11 is 0. The minimum Gasteiger partial charge on any atom is -0.497 e. The maximum Gasteiger partial charge on any atom is 0.329 e. The van der Waals surface area contributed by atoms with Gasteiger partial charge in [-0.2, -0.15) is 0 Å². The van der Waals surface area contributed by atoms with E-state index in [2.05, 4.69) is 12.2 Å². The van der Waals surface area contributed by atoms with Crippen LogP contribution in [0.1, 0.15) is 89.5 Å². The van der Waals surface area contributed by atoms with Gasteiger partial charge in [0.2, 0.25) is 5.91 Å². The number of rotatable bonds is 15. The normalized spacial score (nSPS) is 14.5. The maximum atomic E-state index is 12.7. The van der Waals surface area contributed by atoms with E-state index in [0.717, 1.165) is 50.5 Å². The number of carbonyl (C=O) groups excluding carboxylic acids is 3. The minimum atomic E-state index is -1.05. The third-order valence-corrected chi connectivity index (χ3v) is 5.89. The summed E-state index contributed by atoms with van der Waals surface area (Å²) in [4.78, 5) is 37.6. The lowest BCUT2D eigenvalue weighted by Gasteiger charge is -2.19. The Labute approximate surface area is 197 Å². The zero-order valence-corrected chi connectivity index (χ0v) is 20.1. The van der Waals surface area contributed by atoms with Crippen LogP contribution in [0.25, 0.3) is 0 Å². The van der Waals surface area contributed by atoms with Gasteiger partial charge in [-0.25, -0.2) is 4.79 Å². The van der Waals surface area contributed by atoms with E-state index in [0.29, 0.717) is 12.2 Å². The maximum absolute atomic E-state index is 12.7. The van der Waals surface area contributed by atoms with Gasteiger partial charge in [0.05, 0.1) is 13.5 Å². The van der Waals surface area contributed by atoms with Crippen molar-refractivity contribution < 1.29 is 28.6 Å². The summed E-state index contributed by atoms with van der Waals surface area (Å²) in [5.41, 5.74) is 0.787. The lowest BCUT2D eigenvalue weighted by molar-refractivity contribution is -0.156. The van der Waals surface area contributed by atoms with Crippen LogP contribution in [0.2, 0.25) is 0 Å². The van der Waals surface area contributed by atoms with E-state index < -0.39 is 18.0 Å². The number of esters is 2. The van der Waals surface area contributed by atoms with Gasteiger partial charge in [0, 0.05) is 6.42 Å². The summed E-state index contributed by atoms with van der Waals surface area (Å²) in [6.07, 6.45) is 10.2. The number of methoxy groups -OCH3 is 1. The molecule has 1 atom stereocenters. The SMILES string of the molecule is CCCCCCCCC(=O)N[C@@H](CC(=O)OC1CCCC1)C(=O)OCc1ccc(OC)cc1. The molecule has 0 bridgehead atoms. The first kappa shape index (κ1) is 26.7. The Morgan fingerprint density at radius 3 is 2.33 bits per heavy atom. The monoisotopic (exact) mass is 461 g/mol. The standard InChI is InChI=1S/C26H39NO6/c1-3-4-5-6-7-8-13-24(28)27-23(18-25(29)33-22-11-9-10-12-22)26(30)32-19-20-14-16-21(31-2)17-15-20/h14-17,22-23H,3-13,18-19H2,1-2H3,(H,27,28)/t23-/m0/s1. The van der Waals surface area contributed by atoms with Gasteiger partial charge in [0.15, 0.2) is 0 Å². The highest BCUT2D eigenvalue weighted by molar-refractivity contribution is 5.88. The zero-order valence-electron chi connectivity index (χ0n) is 20.1. The fraction of sp³-hybridized carbons (Fsp3) is 0.654. The van der Waals surface area contributed by atoms with Crippen molar-refractivity contribution in [3.05, 3.63) is 29.8 Å². The van der Waals surface area contributed by atoms with E-state index in [-0.39, 0.29) is 25.0 Å². The summed E-state index contributed by atoms with van der Waals surface area (Å²) in [6, 6.07) is 6.10. The molecule has 1 amide bonds. The molecule has 0 heterocycles. The number of amides is 1. The lowest BCUT2D eigenvalue weighted by Crippen LogP contribution is -2.43. The largest absolute Gasteiger partial charge is 0.497 e. The van der Waals surface area contributed by atoms with Crippen LogP contribution in [-0.2, 0) is 30.5 Å². The Balaban J connectivity index is 1.86. The first-order valence-electron chi connectivity index (χ1n) is 12.3. The van der Waals surface area contributed by atoms with Crippen LogP contribution in [-0.4, -0.2) is 37.1 Å². The second-order valence-electron chi connectivity index (χ2n) is 8.69. The van der Waals surface area contributed by atoms with Crippen molar-refractivity contribution in [3.63, 3.8) is 0 Å². The van der Waals surface area contributed by atoms with E-state index in [1.54, 1.807) is 31.4 Å². The highest BCUT2D eigenvalue weighted by atomic mass is 16.5. The molecule has 7 nitrogen and oxygen atoms in total. The lowest BCUT2D eigenvalue weighted by atomic mass is 10.1. The van der Waals surface area contributed by atoms with Gasteiger partial charge in [-0.05, 0) is 49.8 Å². The van der Waals surface area contributed by atoms with E-state index >= 15 is 0 Å². The average Bonchev–Trinajstić information content (AvgIpc) is 3.32. The number of nitrogens with one attached hydrogen (secondary N) is 1. The van der Waals surface area contributed by atoms with Crippen molar-refractivity contribution in [2.24, 2.45) is 0 Å². The Kier molecular flexibility index (Phi) is 12.4. The molecule has 0 unspecified atom stereocenters. The predicted octanol–water partition coefficient (Wildman–Crippen LogP) is 4.85. The first-order valence-corrected chi connectivity index (χ1v) is 12.3. The van der Waals surface area contributed by atoms with Crippen molar-refractivity contribution in [2.75, 3.05) is 7.11 Å². The van der Waals surface area contributed by atoms with Crippen LogP contribution in [0.15, 0.2) is 24.3 Å². The van der Waals surface area contributed by atoms with Gasteiger partial charge < -0.3 is 19.5 Å². The Hall–Kier alpha value is -2.57. The van der Waals surface area contributed by atoms with Gasteiger partial charge in [-0.1, -0.05) is 51.2 Å². The minimum absolute atomic E-state index is 0.0459. The molecule has 1 N–H and O–H groups in total. The van der Waals surface area contributed by atoms with Gasteiger partial charge in [-0.15, -0.1) is 0 Å². The van der Waals surface area contributed by atoms with E-state index in [4.69, 9.17) is 14.2 Å². The summed E-state index contributed by atoms with van der Waals surface area (Å²) in [5.74, 6) is -0.649. The van der Waals surface area contributed by atoms with Crippen LogP contribution in [0, 0.1) is 0 Å². The molecule has 0 spiro atoms. The summed E-state index contributed by atoms with van der Waals surface area (Å²) in [7, 11) is 1.58. The zero-order chi connectivity index (χ0) is 23.9. The Morgan fingerprint density at radius 1 is 1.00 bits per heavy atom. The molecule has 1 aliphatic carbocycles. The third-order valence-electron chi connectivity index (χ3n) is 5.89. The molecular formula is C26H39NO6. The molecule has 1 aromatic rings. The number of benzene rings is 1. The molecular weight excluding hydrogens is 422 g/mol. The molecule has 0 aliphatic heterocycles. The smallest absolute Gasteiger partial charge is 0.329 e. The van der Waals surface area contributed by atoms with Gasteiger partial charge in [-0.3, -0.25) is 9.59 Å². The number of unbranched alkanes of at least 4 members (excludes halogenated alkanes) is 5. The second kappa shape index (κ2) is 15.3. The number of ether oxygens (including phenoxy) is 3. The molecule has 1 saturated carbocycles. The molecule has 33 heavy (non-hydrogen) atoms. The average molecular weight is 462 g/mol. The molecule has 1 fully saturated rings. The molecule has 1 aliphatic rings. The van der Waals surface area contributed by atoms with E-state index in [9.17, 15) is 14.4 Å². The molecule has 1 aromatic carbocycles. The summed E-state index contributed by atoms with van der Waals surface area (Å²) < 4.78 is 16.0. The predicted molar refractivity (Wildman–Crippen MR) is 126 cm³/mol. The topological polar surface area (TPSA) is 90.9 Å². The Morgan fingerprint density at radius 2 is 1.67 bits per heavy atom. The van der Waals surface area contributed by atoms with E-state index in [1.165, 1.54) is 19.3 Å². The highest BCUT2D eigenvalue weighted by Gasteiger charge is 2.28. The molecule has 0 saturated heterocycles. The quantitative estimate of drug-likeness (QED) is 0.297. The van der Waals surface area contributed by atoms with Crippen LogP contribution in [0.3, 0.4) is 0 Å². The van der Waals surface area contributed by atoms with Crippen LogP contribution in [0.5, 0.6) is 5.75 Å². The third kappa shape index (κ3) is 10.7. The van der Waals surface area contributed by atoms with Crippen molar-refractivity contribution in [3.8, 4) is 5.75 Å². The number of carbonyl (C=O) groups is 3. The van der Waals surface area contributed by atoms with Crippen molar-refractivity contribution >= 4 is 17.8 Å². The van der Waals surface area contributed by atoms with Gasteiger partial charge in [0.25, 0.3) is 0 Å². The second-order valence-corrected chi connectivity index (χ2v) is 8.69. The van der Waals surface area contributed by atoms with Gasteiger partial charge >= 0.3 is 11.9 Å². The molecule has 184 valence electrons. The summed E-state index contributed by atoms with van der Waals surface area (Å²) in [6.45, 7) is 2.21. The van der Waals surface area contributed by atoms with Crippen LogP contribution < -0.4 is 10.1 Å². The molecule has 2 rings (SSSR count). The fourth-order valence-corrected chi connectivity index (χ4v) is 3.91. The van der Waals surface area contributed by atoms with E-state index in [1.807, 2.05) is 0 Å². The van der Waals surface area contributed by atoms with Crippen molar-refractivity contribution in [1.29, 1.82) is 0 Å².